The molecule has 4 atom stereocenters. The van der Waals surface area contributed by atoms with E-state index in [1.807, 2.05) is 19.9 Å². The highest BCUT2D eigenvalue weighted by Crippen LogP contribution is 2.54. The number of aliphatic hydroxyl groups is 3. The third-order valence-corrected chi connectivity index (χ3v) is 8.83. The molecule has 2 saturated carbocycles. The Labute approximate surface area is 208 Å². The quantitative estimate of drug-likeness (QED) is 0.387. The summed E-state index contributed by atoms with van der Waals surface area (Å²) in [6.07, 6.45) is 3.58. The number of phenols is 1. The van der Waals surface area contributed by atoms with Gasteiger partial charge in [-0.1, -0.05) is 26.3 Å². The van der Waals surface area contributed by atoms with Gasteiger partial charge in [0.2, 0.25) is 5.78 Å². The van der Waals surface area contributed by atoms with Crippen molar-refractivity contribution in [2.24, 2.45) is 17.6 Å². The second-order valence-electron chi connectivity index (χ2n) is 10.4. The number of hydrogen-bond donors (Lipinski definition) is 5. The van der Waals surface area contributed by atoms with Crippen LogP contribution < -0.4 is 5.73 Å². The molecule has 4 unspecified atom stereocenters. The van der Waals surface area contributed by atoms with E-state index in [1.165, 1.54) is 6.07 Å². The number of Topliss-reactive ketones (excluding diaryl/α,β-unsaturated/α-hetero) is 2. The molecule has 5 rings (SSSR count). The van der Waals surface area contributed by atoms with Gasteiger partial charge in [0.15, 0.2) is 11.4 Å². The van der Waals surface area contributed by atoms with E-state index in [0.29, 0.717) is 25.4 Å². The van der Waals surface area contributed by atoms with E-state index in [2.05, 4.69) is 0 Å². The summed E-state index contributed by atoms with van der Waals surface area (Å²) in [5.41, 5.74) is 3.90. The molecule has 192 valence electrons. The minimum atomic E-state index is -2.61. The fraction of sp³-hybridized carbons (Fsp3) is 0.519. The third-order valence-electron chi connectivity index (χ3n) is 8.83. The Kier molecular flexibility index (Phi) is 5.76. The summed E-state index contributed by atoms with van der Waals surface area (Å²) in [6.45, 7) is 4.46. The second-order valence-corrected chi connectivity index (χ2v) is 10.4. The van der Waals surface area contributed by atoms with Crippen molar-refractivity contribution in [1.82, 2.24) is 4.90 Å². The number of aliphatic hydroxyl groups excluding tert-OH is 2. The lowest BCUT2D eigenvalue weighted by Crippen LogP contribution is -2.66. The Balaban J connectivity index is 1.72. The van der Waals surface area contributed by atoms with Crippen LogP contribution in [0.15, 0.2) is 29.0 Å². The van der Waals surface area contributed by atoms with Gasteiger partial charge in [-0.25, -0.2) is 0 Å². The SMILES string of the molecule is CCN(CC)C1C(=O)C(C(N)=O)=C(O)C2(O)C(=O)C3=C(O)c4c(O)ccc(C5CCC5)c4CC3CC12. The fourth-order valence-corrected chi connectivity index (χ4v) is 6.81. The van der Waals surface area contributed by atoms with E-state index in [1.54, 1.807) is 4.90 Å². The molecule has 0 bridgehead atoms. The van der Waals surface area contributed by atoms with Crippen molar-refractivity contribution < 1.29 is 34.8 Å². The van der Waals surface area contributed by atoms with Gasteiger partial charge in [-0.15, -0.1) is 0 Å². The molecule has 0 aromatic heterocycles. The molecule has 9 heteroatoms. The monoisotopic (exact) mass is 496 g/mol. The second kappa shape index (κ2) is 8.45. The highest BCUT2D eigenvalue weighted by molar-refractivity contribution is 6.24. The Hall–Kier alpha value is -3.17. The number of carbonyl (C=O) groups excluding carboxylic acids is 3. The molecule has 2 fully saturated rings. The van der Waals surface area contributed by atoms with E-state index in [0.717, 1.165) is 30.4 Å². The average molecular weight is 497 g/mol. The first-order chi connectivity index (χ1) is 17.1. The lowest BCUT2D eigenvalue weighted by molar-refractivity contribution is -0.154. The highest BCUT2D eigenvalue weighted by Gasteiger charge is 2.64. The van der Waals surface area contributed by atoms with Crippen LogP contribution in [0.25, 0.3) is 5.76 Å². The maximum absolute atomic E-state index is 13.9. The average Bonchev–Trinajstić information content (AvgIpc) is 2.79. The molecule has 4 aliphatic carbocycles. The van der Waals surface area contributed by atoms with Gasteiger partial charge in [0.05, 0.1) is 11.6 Å². The fourth-order valence-electron chi connectivity index (χ4n) is 6.81. The van der Waals surface area contributed by atoms with Crippen LogP contribution in [0, 0.1) is 11.8 Å². The molecule has 0 radical (unpaired) electrons. The van der Waals surface area contributed by atoms with Crippen molar-refractivity contribution in [3.05, 3.63) is 45.7 Å². The van der Waals surface area contributed by atoms with E-state index in [-0.39, 0.29) is 23.3 Å². The van der Waals surface area contributed by atoms with E-state index < -0.39 is 58.0 Å². The Morgan fingerprint density at radius 3 is 2.33 bits per heavy atom. The van der Waals surface area contributed by atoms with Crippen LogP contribution in [-0.4, -0.2) is 67.5 Å². The van der Waals surface area contributed by atoms with E-state index >= 15 is 0 Å². The van der Waals surface area contributed by atoms with Crippen molar-refractivity contribution >= 4 is 23.2 Å². The number of rotatable bonds is 5. The molecule has 0 saturated heterocycles. The van der Waals surface area contributed by atoms with Gasteiger partial charge >= 0.3 is 0 Å². The van der Waals surface area contributed by atoms with Gasteiger partial charge in [-0.3, -0.25) is 19.3 Å². The normalized spacial score (nSPS) is 30.2. The minimum Gasteiger partial charge on any atom is -0.508 e. The standard InChI is InChI=1S/C27H32N2O7/c1-3-29(4-2)21-16-11-13-10-15-14(12-6-5-7-12)8-9-17(30)19(15)22(31)18(13)24(33)27(16,36)25(34)20(23(21)32)26(28)35/h8-9,12-13,16,21,30-31,34,36H,3-7,10-11H2,1-2H3,(H2,28,35). The molecule has 0 spiro atoms. The maximum Gasteiger partial charge on any atom is 0.255 e. The predicted molar refractivity (Wildman–Crippen MR) is 130 cm³/mol. The summed E-state index contributed by atoms with van der Waals surface area (Å²) >= 11 is 0. The van der Waals surface area contributed by atoms with Crippen LogP contribution in [-0.2, 0) is 20.8 Å². The summed E-state index contributed by atoms with van der Waals surface area (Å²) in [5.74, 6) is -5.85. The third kappa shape index (κ3) is 3.12. The van der Waals surface area contributed by atoms with E-state index in [4.69, 9.17) is 5.73 Å². The summed E-state index contributed by atoms with van der Waals surface area (Å²) in [6, 6.07) is 2.33. The number of hydrogen-bond acceptors (Lipinski definition) is 8. The molecule has 6 N–H and O–H groups in total. The molecule has 1 aromatic carbocycles. The van der Waals surface area contributed by atoms with Crippen LogP contribution in [0.3, 0.4) is 0 Å². The number of primary amides is 1. The largest absolute Gasteiger partial charge is 0.508 e. The van der Waals surface area contributed by atoms with Gasteiger partial charge in [0, 0.05) is 11.5 Å². The van der Waals surface area contributed by atoms with Crippen LogP contribution >= 0.6 is 0 Å². The number of likely N-dealkylation sites (N-methyl/N-ethyl adjacent to an activating group) is 1. The van der Waals surface area contributed by atoms with Gasteiger partial charge in [-0.2, -0.15) is 0 Å². The molecular weight excluding hydrogens is 464 g/mol. The highest BCUT2D eigenvalue weighted by atomic mass is 16.3. The van der Waals surface area contributed by atoms with Crippen molar-refractivity contribution in [2.45, 2.75) is 63.5 Å². The number of ketones is 2. The number of fused-ring (bicyclic) bond motifs is 3. The zero-order chi connectivity index (χ0) is 26.1. The molecule has 1 amide bonds. The van der Waals surface area contributed by atoms with E-state index in [9.17, 15) is 34.8 Å². The Morgan fingerprint density at radius 2 is 1.78 bits per heavy atom. The zero-order valence-corrected chi connectivity index (χ0v) is 20.5. The molecule has 0 heterocycles. The van der Waals surface area contributed by atoms with Gasteiger partial charge in [0.1, 0.15) is 22.8 Å². The molecule has 1 aromatic rings. The van der Waals surface area contributed by atoms with Gasteiger partial charge < -0.3 is 26.2 Å². The maximum atomic E-state index is 13.9. The van der Waals surface area contributed by atoms with Crippen molar-refractivity contribution in [3.8, 4) is 5.75 Å². The molecule has 9 nitrogen and oxygen atoms in total. The first-order valence-electron chi connectivity index (χ1n) is 12.6. The first-order valence-corrected chi connectivity index (χ1v) is 12.6. The molecule has 4 aliphatic rings. The number of nitrogens with two attached hydrogens (primary N) is 1. The van der Waals surface area contributed by atoms with Crippen LogP contribution in [0.5, 0.6) is 5.75 Å². The topological polar surface area (TPSA) is 161 Å². The zero-order valence-electron chi connectivity index (χ0n) is 20.5. The minimum absolute atomic E-state index is 0.106. The molecule has 36 heavy (non-hydrogen) atoms. The number of benzene rings is 1. The summed E-state index contributed by atoms with van der Waals surface area (Å²) in [7, 11) is 0. The lowest BCUT2D eigenvalue weighted by Gasteiger charge is -2.51. The number of amides is 1. The molecular formula is C27H32N2O7. The predicted octanol–water partition coefficient (Wildman–Crippen LogP) is 2.01. The number of phenolic OH excluding ortho intramolecular Hbond substituents is 1. The summed E-state index contributed by atoms with van der Waals surface area (Å²) in [5, 5.41) is 44.7. The number of carbonyl (C=O) groups is 3. The summed E-state index contributed by atoms with van der Waals surface area (Å²) in [4.78, 5) is 41.3. The van der Waals surface area contributed by atoms with Crippen molar-refractivity contribution in [2.75, 3.05) is 13.1 Å². The van der Waals surface area contributed by atoms with Gasteiger partial charge in [0.25, 0.3) is 5.91 Å². The van der Waals surface area contributed by atoms with Crippen molar-refractivity contribution in [1.29, 1.82) is 0 Å². The Bertz CT molecular complexity index is 1240. The number of nitrogens with zero attached hydrogens (tertiary/aromatic N) is 1. The number of aromatic hydroxyl groups is 1. The lowest BCUT2D eigenvalue weighted by atomic mass is 9.57. The van der Waals surface area contributed by atoms with Crippen LogP contribution in [0.1, 0.15) is 62.1 Å². The van der Waals surface area contributed by atoms with Crippen LogP contribution in [0.4, 0.5) is 0 Å². The smallest absolute Gasteiger partial charge is 0.255 e. The van der Waals surface area contributed by atoms with Gasteiger partial charge in [-0.05, 0) is 67.8 Å². The summed E-state index contributed by atoms with van der Waals surface area (Å²) < 4.78 is 0. The van der Waals surface area contributed by atoms with Crippen molar-refractivity contribution in [3.63, 3.8) is 0 Å². The van der Waals surface area contributed by atoms with Crippen LogP contribution in [0.2, 0.25) is 0 Å². The Morgan fingerprint density at radius 1 is 1.11 bits per heavy atom. The molecule has 0 aliphatic heterocycles. The first kappa shape index (κ1) is 24.5.